The minimum absolute atomic E-state index is 0.00555. The second-order valence-electron chi connectivity index (χ2n) is 3.03. The molecule has 0 aliphatic rings. The van der Waals surface area contributed by atoms with E-state index in [2.05, 4.69) is 4.74 Å². The van der Waals surface area contributed by atoms with E-state index in [1.807, 2.05) is 0 Å². The van der Waals surface area contributed by atoms with Gasteiger partial charge in [-0.2, -0.15) is 13.2 Å². The molecule has 0 bridgehead atoms. The number of methoxy groups -OCH3 is 1. The van der Waals surface area contributed by atoms with E-state index in [9.17, 15) is 22.8 Å². The standard InChI is InChI=1S/C10H6ClF3O3/c1-17-8-3-7(10(12,13)14)5(4-15)2-6(8)9(11)16/h2-4H,1H3. The Morgan fingerprint density at radius 3 is 2.35 bits per heavy atom. The van der Waals surface area contributed by atoms with Gasteiger partial charge in [-0.3, -0.25) is 9.59 Å². The monoisotopic (exact) mass is 266 g/mol. The van der Waals surface area contributed by atoms with Gasteiger partial charge in [-0.15, -0.1) is 0 Å². The van der Waals surface area contributed by atoms with Crippen LogP contribution in [-0.2, 0) is 6.18 Å². The summed E-state index contributed by atoms with van der Waals surface area (Å²) < 4.78 is 42.3. The molecule has 0 fully saturated rings. The van der Waals surface area contributed by atoms with E-state index >= 15 is 0 Å². The fourth-order valence-corrected chi connectivity index (χ4v) is 1.41. The Labute approximate surface area is 99.1 Å². The van der Waals surface area contributed by atoms with Crippen molar-refractivity contribution in [3.8, 4) is 5.75 Å². The Bertz CT molecular complexity index is 469. The SMILES string of the molecule is COc1cc(C(F)(F)F)c(C=O)cc1C(=O)Cl. The molecule has 1 rings (SSSR count). The van der Waals surface area contributed by atoms with Gasteiger partial charge in [0.25, 0.3) is 5.24 Å². The number of hydrogen-bond acceptors (Lipinski definition) is 3. The maximum Gasteiger partial charge on any atom is 0.417 e. The van der Waals surface area contributed by atoms with Gasteiger partial charge >= 0.3 is 6.18 Å². The van der Waals surface area contributed by atoms with Crippen molar-refractivity contribution in [3.05, 3.63) is 28.8 Å². The van der Waals surface area contributed by atoms with Crippen molar-refractivity contribution < 1.29 is 27.5 Å². The maximum atomic E-state index is 12.6. The first-order valence-electron chi connectivity index (χ1n) is 4.25. The molecule has 92 valence electrons. The highest BCUT2D eigenvalue weighted by Gasteiger charge is 2.35. The molecule has 0 spiro atoms. The molecule has 0 atom stereocenters. The van der Waals surface area contributed by atoms with Crippen molar-refractivity contribution in [2.75, 3.05) is 7.11 Å². The number of halogens is 4. The molecular formula is C10H6ClF3O3. The molecule has 0 unspecified atom stereocenters. The summed E-state index contributed by atoms with van der Waals surface area (Å²) in [7, 11) is 1.10. The van der Waals surface area contributed by atoms with Crippen LogP contribution in [-0.4, -0.2) is 18.6 Å². The Morgan fingerprint density at radius 1 is 1.41 bits per heavy atom. The minimum atomic E-state index is -4.71. The molecule has 0 N–H and O–H groups in total. The molecule has 0 radical (unpaired) electrons. The van der Waals surface area contributed by atoms with E-state index in [0.717, 1.165) is 13.2 Å². The molecule has 0 amide bonds. The Kier molecular flexibility index (Phi) is 3.77. The maximum absolute atomic E-state index is 12.6. The molecule has 0 saturated carbocycles. The summed E-state index contributed by atoms with van der Waals surface area (Å²) in [5, 5.41) is -1.00. The minimum Gasteiger partial charge on any atom is -0.496 e. The Morgan fingerprint density at radius 2 is 2.00 bits per heavy atom. The molecule has 0 aliphatic carbocycles. The lowest BCUT2D eigenvalue weighted by Crippen LogP contribution is -2.11. The normalized spacial score (nSPS) is 11.1. The zero-order valence-corrected chi connectivity index (χ0v) is 9.22. The van der Waals surface area contributed by atoms with Crippen molar-refractivity contribution >= 4 is 23.1 Å². The van der Waals surface area contributed by atoms with Gasteiger partial charge < -0.3 is 4.74 Å². The summed E-state index contributed by atoms with van der Waals surface area (Å²) in [6.07, 6.45) is -4.71. The first kappa shape index (κ1) is 13.5. The lowest BCUT2D eigenvalue weighted by molar-refractivity contribution is -0.137. The number of alkyl halides is 3. The summed E-state index contributed by atoms with van der Waals surface area (Å²) in [6, 6.07) is 1.32. The van der Waals surface area contributed by atoms with Gasteiger partial charge in [0.05, 0.1) is 18.2 Å². The van der Waals surface area contributed by atoms with Crippen LogP contribution in [0.1, 0.15) is 26.3 Å². The zero-order chi connectivity index (χ0) is 13.2. The molecular weight excluding hydrogens is 261 g/mol. The van der Waals surface area contributed by atoms with Gasteiger partial charge in [0.2, 0.25) is 0 Å². The summed E-state index contributed by atoms with van der Waals surface area (Å²) in [6.45, 7) is 0. The van der Waals surface area contributed by atoms with Crippen LogP contribution in [0.4, 0.5) is 13.2 Å². The first-order chi connectivity index (χ1) is 7.81. The first-order valence-corrected chi connectivity index (χ1v) is 4.63. The van der Waals surface area contributed by atoms with E-state index in [1.54, 1.807) is 0 Å². The molecule has 3 nitrogen and oxygen atoms in total. The summed E-state index contributed by atoms with van der Waals surface area (Å²) in [4.78, 5) is 21.5. The molecule has 1 aromatic carbocycles. The van der Waals surface area contributed by atoms with Crippen molar-refractivity contribution in [2.24, 2.45) is 0 Å². The molecule has 0 saturated heterocycles. The van der Waals surface area contributed by atoms with Crippen LogP contribution < -0.4 is 4.74 Å². The fourth-order valence-electron chi connectivity index (χ4n) is 1.26. The number of carbonyl (C=O) groups is 2. The third-order valence-electron chi connectivity index (χ3n) is 2.02. The zero-order valence-electron chi connectivity index (χ0n) is 8.47. The largest absolute Gasteiger partial charge is 0.496 e. The van der Waals surface area contributed by atoms with Crippen LogP contribution in [0, 0.1) is 0 Å². The number of ether oxygens (including phenoxy) is 1. The number of benzene rings is 1. The topological polar surface area (TPSA) is 43.4 Å². The molecule has 17 heavy (non-hydrogen) atoms. The summed E-state index contributed by atoms with van der Waals surface area (Å²) in [5.41, 5.74) is -2.13. The van der Waals surface area contributed by atoms with Crippen LogP contribution in [0.2, 0.25) is 0 Å². The van der Waals surface area contributed by atoms with E-state index < -0.39 is 22.5 Å². The van der Waals surface area contributed by atoms with Gasteiger partial charge in [0.1, 0.15) is 5.75 Å². The van der Waals surface area contributed by atoms with Crippen molar-refractivity contribution in [1.82, 2.24) is 0 Å². The van der Waals surface area contributed by atoms with Crippen LogP contribution >= 0.6 is 11.6 Å². The average molecular weight is 267 g/mol. The number of rotatable bonds is 3. The van der Waals surface area contributed by atoms with Gasteiger partial charge in [-0.25, -0.2) is 0 Å². The van der Waals surface area contributed by atoms with Crippen molar-refractivity contribution in [1.29, 1.82) is 0 Å². The number of aldehydes is 1. The van der Waals surface area contributed by atoms with Gasteiger partial charge in [-0.05, 0) is 23.7 Å². The van der Waals surface area contributed by atoms with Crippen molar-refractivity contribution in [3.63, 3.8) is 0 Å². The smallest absolute Gasteiger partial charge is 0.417 e. The van der Waals surface area contributed by atoms with Crippen LogP contribution in [0.5, 0.6) is 5.75 Å². The molecule has 0 aliphatic heterocycles. The predicted molar refractivity (Wildman–Crippen MR) is 53.6 cm³/mol. The second kappa shape index (κ2) is 4.75. The second-order valence-corrected chi connectivity index (χ2v) is 3.37. The highest BCUT2D eigenvalue weighted by molar-refractivity contribution is 6.68. The molecule has 0 heterocycles. The number of carbonyl (C=O) groups excluding carboxylic acids is 2. The quantitative estimate of drug-likeness (QED) is 0.624. The van der Waals surface area contributed by atoms with E-state index in [1.165, 1.54) is 0 Å². The van der Waals surface area contributed by atoms with Crippen LogP contribution in [0.25, 0.3) is 0 Å². The van der Waals surface area contributed by atoms with Gasteiger partial charge in [-0.1, -0.05) is 0 Å². The van der Waals surface area contributed by atoms with Crippen molar-refractivity contribution in [2.45, 2.75) is 6.18 Å². The third kappa shape index (κ3) is 2.76. The molecule has 1 aromatic rings. The van der Waals surface area contributed by atoms with E-state index in [4.69, 9.17) is 11.6 Å². The fraction of sp³-hybridized carbons (Fsp3) is 0.200. The average Bonchev–Trinajstić information content (AvgIpc) is 2.25. The third-order valence-corrected chi connectivity index (χ3v) is 2.22. The lowest BCUT2D eigenvalue weighted by atomic mass is 10.0. The Balaban J connectivity index is 3.54. The Hall–Kier alpha value is -1.56. The van der Waals surface area contributed by atoms with Crippen LogP contribution in [0.3, 0.4) is 0 Å². The highest BCUT2D eigenvalue weighted by Crippen LogP contribution is 2.35. The summed E-state index contributed by atoms with van der Waals surface area (Å²) >= 11 is 5.17. The van der Waals surface area contributed by atoms with Gasteiger partial charge in [0, 0.05) is 5.56 Å². The van der Waals surface area contributed by atoms with Gasteiger partial charge in [0.15, 0.2) is 6.29 Å². The number of hydrogen-bond donors (Lipinski definition) is 0. The summed E-state index contributed by atoms with van der Waals surface area (Å²) in [5.74, 6) is -0.331. The molecule has 7 heteroatoms. The predicted octanol–water partition coefficient (Wildman–Crippen LogP) is 2.91. The highest BCUT2D eigenvalue weighted by atomic mass is 35.5. The van der Waals surface area contributed by atoms with E-state index in [0.29, 0.717) is 6.07 Å². The molecule has 0 aromatic heterocycles. The van der Waals surface area contributed by atoms with Crippen LogP contribution in [0.15, 0.2) is 12.1 Å². The van der Waals surface area contributed by atoms with E-state index in [-0.39, 0.29) is 17.6 Å². The lowest BCUT2D eigenvalue weighted by Gasteiger charge is -2.13.